The van der Waals surface area contributed by atoms with Crippen molar-refractivity contribution in [2.45, 2.75) is 53.4 Å². The Morgan fingerprint density at radius 1 is 0.500 bits per heavy atom. The minimum Gasteiger partial charge on any atom is -0.493 e. The van der Waals surface area contributed by atoms with Crippen LogP contribution in [0.4, 0.5) is 0 Å². The second-order valence-corrected chi connectivity index (χ2v) is 14.2. The fourth-order valence-electron chi connectivity index (χ4n) is 5.27. The van der Waals surface area contributed by atoms with E-state index in [0.29, 0.717) is 73.6 Å². The standard InChI is InChI=1S/C46H54N4O6/c1-33(2)31-55-39-23-19-37(20-24-39)43(51)49-41(29-35-15-9-7-10-16-35)45(53)47-27-13-5-6-14-28-48-46(54)42(30-36-17-11-8-12-18-36)50-44(52)38-21-25-40(26-22-38)56-32-34(3)4/h7-12,15-26,29-30,33-34H,5-6,13-14,27-28,31-32H2,1-4H3,(H,47,53)(H,48,54)(H,49,51)(H,50,52)/b41-29-,42-30-. The van der Waals surface area contributed by atoms with Crippen LogP contribution >= 0.6 is 0 Å². The number of benzene rings is 4. The predicted molar refractivity (Wildman–Crippen MR) is 222 cm³/mol. The van der Waals surface area contributed by atoms with E-state index < -0.39 is 11.8 Å². The number of hydrogen-bond acceptors (Lipinski definition) is 6. The van der Waals surface area contributed by atoms with E-state index in [1.807, 2.05) is 60.7 Å². The first-order chi connectivity index (χ1) is 27.1. The van der Waals surface area contributed by atoms with Gasteiger partial charge in [0.1, 0.15) is 22.9 Å². The smallest absolute Gasteiger partial charge is 0.267 e. The first-order valence-electron chi connectivity index (χ1n) is 19.3. The normalized spacial score (nSPS) is 11.5. The molecule has 0 bridgehead atoms. The number of ether oxygens (including phenoxy) is 2. The molecule has 0 aliphatic heterocycles. The molecular weight excluding hydrogens is 705 g/mol. The maximum Gasteiger partial charge on any atom is 0.267 e. The Hall–Kier alpha value is -6.16. The number of carbonyl (C=O) groups excluding carboxylic acids is 4. The Kier molecular flexibility index (Phi) is 17.4. The van der Waals surface area contributed by atoms with Crippen LogP contribution in [0.5, 0.6) is 11.5 Å². The fourth-order valence-corrected chi connectivity index (χ4v) is 5.27. The summed E-state index contributed by atoms with van der Waals surface area (Å²) in [4.78, 5) is 52.7. The lowest BCUT2D eigenvalue weighted by molar-refractivity contribution is -0.118. The molecule has 4 aromatic carbocycles. The van der Waals surface area contributed by atoms with Gasteiger partial charge in [0.2, 0.25) is 0 Å². The highest BCUT2D eigenvalue weighted by molar-refractivity contribution is 6.06. The van der Waals surface area contributed by atoms with E-state index in [1.165, 1.54) is 0 Å². The van der Waals surface area contributed by atoms with Gasteiger partial charge in [0.05, 0.1) is 13.2 Å². The Balaban J connectivity index is 1.24. The van der Waals surface area contributed by atoms with Gasteiger partial charge in [0.25, 0.3) is 23.6 Å². The van der Waals surface area contributed by atoms with E-state index >= 15 is 0 Å². The van der Waals surface area contributed by atoms with Gasteiger partial charge in [-0.1, -0.05) is 101 Å². The number of nitrogens with one attached hydrogen (secondary N) is 4. The van der Waals surface area contributed by atoms with Gasteiger partial charge >= 0.3 is 0 Å². The molecular formula is C46H54N4O6. The van der Waals surface area contributed by atoms with E-state index in [4.69, 9.17) is 9.47 Å². The highest BCUT2D eigenvalue weighted by Crippen LogP contribution is 2.16. The zero-order chi connectivity index (χ0) is 40.1. The number of carbonyl (C=O) groups is 4. The molecule has 0 saturated carbocycles. The first kappa shape index (κ1) is 42.6. The van der Waals surface area contributed by atoms with Gasteiger partial charge in [-0.25, -0.2) is 0 Å². The maximum absolute atomic E-state index is 13.3. The molecule has 0 radical (unpaired) electrons. The highest BCUT2D eigenvalue weighted by atomic mass is 16.5. The molecule has 0 aliphatic rings. The molecule has 0 aliphatic carbocycles. The number of hydrogen-bond donors (Lipinski definition) is 4. The minimum absolute atomic E-state index is 0.142. The molecule has 0 atom stereocenters. The summed E-state index contributed by atoms with van der Waals surface area (Å²) in [5, 5.41) is 11.4. The minimum atomic E-state index is -0.401. The van der Waals surface area contributed by atoms with E-state index in [2.05, 4.69) is 49.0 Å². The molecule has 10 heteroatoms. The molecule has 0 unspecified atom stereocenters. The van der Waals surface area contributed by atoms with E-state index in [1.54, 1.807) is 60.7 Å². The van der Waals surface area contributed by atoms with Crippen LogP contribution in [0.15, 0.2) is 121 Å². The third-order valence-electron chi connectivity index (χ3n) is 8.28. The Labute approximate surface area is 330 Å². The van der Waals surface area contributed by atoms with Gasteiger partial charge in [-0.3, -0.25) is 19.2 Å². The molecule has 0 spiro atoms. The van der Waals surface area contributed by atoms with Crippen molar-refractivity contribution in [1.82, 2.24) is 21.3 Å². The molecule has 4 amide bonds. The highest BCUT2D eigenvalue weighted by Gasteiger charge is 2.16. The summed E-state index contributed by atoms with van der Waals surface area (Å²) >= 11 is 0. The van der Waals surface area contributed by atoms with E-state index in [-0.39, 0.29) is 23.2 Å². The summed E-state index contributed by atoms with van der Waals surface area (Å²) in [5.74, 6) is 0.534. The van der Waals surface area contributed by atoms with Crippen LogP contribution in [-0.4, -0.2) is 49.9 Å². The molecule has 0 aromatic heterocycles. The average molecular weight is 759 g/mol. The monoisotopic (exact) mass is 758 g/mol. The van der Waals surface area contributed by atoms with Crippen molar-refractivity contribution < 1.29 is 28.7 Å². The van der Waals surface area contributed by atoms with Gasteiger partial charge in [-0.15, -0.1) is 0 Å². The molecule has 4 aromatic rings. The molecule has 0 fully saturated rings. The second-order valence-electron chi connectivity index (χ2n) is 14.2. The summed E-state index contributed by atoms with van der Waals surface area (Å²) in [5.41, 5.74) is 2.65. The van der Waals surface area contributed by atoms with Crippen LogP contribution in [0.25, 0.3) is 12.2 Å². The fraction of sp³-hybridized carbons (Fsp3) is 0.304. The molecule has 10 nitrogen and oxygen atoms in total. The Morgan fingerprint density at radius 2 is 0.857 bits per heavy atom. The largest absolute Gasteiger partial charge is 0.493 e. The van der Waals surface area contributed by atoms with Crippen molar-refractivity contribution in [3.05, 3.63) is 143 Å². The third kappa shape index (κ3) is 15.3. The topological polar surface area (TPSA) is 135 Å². The van der Waals surface area contributed by atoms with Crippen LogP contribution in [0.2, 0.25) is 0 Å². The quantitative estimate of drug-likeness (QED) is 0.0507. The number of unbranched alkanes of at least 4 members (excludes halogenated alkanes) is 3. The molecule has 0 saturated heterocycles. The van der Waals surface area contributed by atoms with Gasteiger partial charge < -0.3 is 30.7 Å². The Bertz CT molecular complexity index is 1760. The van der Waals surface area contributed by atoms with Gasteiger partial charge in [-0.2, -0.15) is 0 Å². The molecule has 0 heterocycles. The Morgan fingerprint density at radius 3 is 1.20 bits per heavy atom. The lowest BCUT2D eigenvalue weighted by Gasteiger charge is -2.13. The number of amides is 4. The van der Waals surface area contributed by atoms with Crippen LogP contribution in [-0.2, 0) is 9.59 Å². The van der Waals surface area contributed by atoms with Crippen molar-refractivity contribution in [2.75, 3.05) is 26.3 Å². The van der Waals surface area contributed by atoms with Crippen molar-refractivity contribution in [3.63, 3.8) is 0 Å². The zero-order valence-electron chi connectivity index (χ0n) is 32.8. The molecule has 294 valence electrons. The van der Waals surface area contributed by atoms with Crippen molar-refractivity contribution in [3.8, 4) is 11.5 Å². The molecule has 4 rings (SSSR count). The van der Waals surface area contributed by atoms with Crippen LogP contribution in [0, 0.1) is 11.8 Å². The maximum atomic E-state index is 13.3. The lowest BCUT2D eigenvalue weighted by atomic mass is 10.1. The zero-order valence-corrected chi connectivity index (χ0v) is 32.8. The summed E-state index contributed by atoms with van der Waals surface area (Å²) in [6, 6.07) is 32.3. The first-order valence-corrected chi connectivity index (χ1v) is 19.3. The van der Waals surface area contributed by atoms with Crippen molar-refractivity contribution in [1.29, 1.82) is 0 Å². The molecule has 56 heavy (non-hydrogen) atoms. The summed E-state index contributed by atoms with van der Waals surface area (Å²) in [7, 11) is 0. The second kappa shape index (κ2) is 22.9. The van der Waals surface area contributed by atoms with Gasteiger partial charge in [-0.05, 0) is 96.5 Å². The van der Waals surface area contributed by atoms with Crippen molar-refractivity contribution in [2.24, 2.45) is 11.8 Å². The summed E-state index contributed by atoms with van der Waals surface area (Å²) < 4.78 is 11.4. The lowest BCUT2D eigenvalue weighted by Crippen LogP contribution is -2.35. The molecule has 4 N–H and O–H groups in total. The van der Waals surface area contributed by atoms with Crippen molar-refractivity contribution >= 4 is 35.8 Å². The van der Waals surface area contributed by atoms with Crippen LogP contribution in [0.1, 0.15) is 85.2 Å². The summed E-state index contributed by atoms with van der Waals surface area (Å²) in [6.07, 6.45) is 6.34. The van der Waals surface area contributed by atoms with Crippen LogP contribution < -0.4 is 30.7 Å². The number of rotatable bonds is 21. The van der Waals surface area contributed by atoms with Gasteiger partial charge in [0, 0.05) is 24.2 Å². The van der Waals surface area contributed by atoms with E-state index in [9.17, 15) is 19.2 Å². The van der Waals surface area contributed by atoms with Crippen LogP contribution in [0.3, 0.4) is 0 Å². The summed E-state index contributed by atoms with van der Waals surface area (Å²) in [6.45, 7) is 10.2. The third-order valence-corrected chi connectivity index (χ3v) is 8.28. The average Bonchev–Trinajstić information content (AvgIpc) is 3.20. The van der Waals surface area contributed by atoms with E-state index in [0.717, 1.165) is 24.0 Å². The predicted octanol–water partition coefficient (Wildman–Crippen LogP) is 7.79. The van der Waals surface area contributed by atoms with Gasteiger partial charge in [0.15, 0.2) is 0 Å². The SMILES string of the molecule is CC(C)COc1ccc(C(=O)N/C(=C\c2ccccc2)C(=O)NCCCCCCNC(=O)/C(=C/c2ccccc2)NC(=O)c2ccc(OCC(C)C)cc2)cc1.